The van der Waals surface area contributed by atoms with Gasteiger partial charge in [0.2, 0.25) is 11.6 Å². The normalized spacial score (nSPS) is 14.5. The number of carbonyl (C=O) groups excluding carboxylic acids is 2. The molecule has 1 N–H and O–H groups in total. The maximum Gasteiger partial charge on any atom is 0.235 e. The number of hydrogen-bond acceptors (Lipinski definition) is 2. The zero-order chi connectivity index (χ0) is 16.1. The van der Waals surface area contributed by atoms with Crippen LogP contribution in [0.4, 0.5) is 4.39 Å². The Labute approximate surface area is 131 Å². The van der Waals surface area contributed by atoms with Gasteiger partial charge in [0.15, 0.2) is 0 Å². The summed E-state index contributed by atoms with van der Waals surface area (Å²) in [6, 6.07) is 13.3. The number of para-hydroxylation sites is 1. The lowest BCUT2D eigenvalue weighted by molar-refractivity contribution is -0.111. The number of fused-ring (bicyclic) bond motifs is 3. The van der Waals surface area contributed by atoms with E-state index < -0.39 is 11.6 Å². The molecule has 0 aliphatic heterocycles. The van der Waals surface area contributed by atoms with Crippen LogP contribution in [0.25, 0.3) is 16.5 Å². The summed E-state index contributed by atoms with van der Waals surface area (Å²) < 4.78 is 13.2. The SMILES string of the molecule is CC1=C(c2ccc(F)cc2)c2[nH]c3ccccc3c2C(=O)C1=O. The first-order chi connectivity index (χ1) is 11.1. The third-order valence-electron chi connectivity index (χ3n) is 4.24. The highest BCUT2D eigenvalue weighted by Gasteiger charge is 2.34. The maximum absolute atomic E-state index is 13.2. The molecule has 0 amide bonds. The molecule has 1 heterocycles. The number of allylic oxidation sites excluding steroid dienone is 1. The predicted molar refractivity (Wildman–Crippen MR) is 85.7 cm³/mol. The van der Waals surface area contributed by atoms with E-state index in [1.165, 1.54) is 12.1 Å². The van der Waals surface area contributed by atoms with Gasteiger partial charge in [0.05, 0.1) is 11.3 Å². The van der Waals surface area contributed by atoms with Gasteiger partial charge in [0.1, 0.15) is 5.82 Å². The fraction of sp³-hybridized carbons (Fsp3) is 0.0526. The number of benzene rings is 2. The van der Waals surface area contributed by atoms with Crippen molar-refractivity contribution < 1.29 is 14.0 Å². The van der Waals surface area contributed by atoms with E-state index in [1.807, 2.05) is 24.3 Å². The zero-order valence-electron chi connectivity index (χ0n) is 12.3. The van der Waals surface area contributed by atoms with Gasteiger partial charge in [-0.2, -0.15) is 0 Å². The topological polar surface area (TPSA) is 49.9 Å². The Morgan fingerprint density at radius 3 is 2.35 bits per heavy atom. The molecule has 0 radical (unpaired) electrons. The molecular formula is C19H12FNO2. The Balaban J connectivity index is 2.08. The van der Waals surface area contributed by atoms with Crippen molar-refractivity contribution in [3.8, 4) is 0 Å². The fourth-order valence-electron chi connectivity index (χ4n) is 3.13. The second-order valence-electron chi connectivity index (χ2n) is 5.59. The van der Waals surface area contributed by atoms with Crippen LogP contribution in [0, 0.1) is 5.82 Å². The molecule has 0 fully saturated rings. The molecule has 0 saturated carbocycles. The van der Waals surface area contributed by atoms with Crippen LogP contribution < -0.4 is 0 Å². The standard InChI is InChI=1S/C19H12FNO2/c1-10-15(11-6-8-12(20)9-7-11)17-16(19(23)18(10)22)13-4-2-3-5-14(13)21-17/h2-9,21H,1H3. The summed E-state index contributed by atoms with van der Waals surface area (Å²) in [6.45, 7) is 1.63. The van der Waals surface area contributed by atoms with Crippen molar-refractivity contribution in [2.24, 2.45) is 0 Å². The highest BCUT2D eigenvalue weighted by molar-refractivity contribution is 6.54. The van der Waals surface area contributed by atoms with Gasteiger partial charge >= 0.3 is 0 Å². The summed E-state index contributed by atoms with van der Waals surface area (Å²) in [5.74, 6) is -1.36. The number of ketones is 2. The highest BCUT2D eigenvalue weighted by atomic mass is 19.1. The summed E-state index contributed by atoms with van der Waals surface area (Å²) in [7, 11) is 0. The van der Waals surface area contributed by atoms with Crippen LogP contribution in [0.2, 0.25) is 0 Å². The van der Waals surface area contributed by atoms with Crippen molar-refractivity contribution >= 4 is 28.0 Å². The van der Waals surface area contributed by atoms with E-state index in [9.17, 15) is 14.0 Å². The van der Waals surface area contributed by atoms with Crippen LogP contribution in [-0.2, 0) is 4.79 Å². The minimum Gasteiger partial charge on any atom is -0.354 e. The van der Waals surface area contributed by atoms with Gasteiger partial charge in [-0.15, -0.1) is 0 Å². The molecule has 0 saturated heterocycles. The summed E-state index contributed by atoms with van der Waals surface area (Å²) in [6.07, 6.45) is 0. The smallest absolute Gasteiger partial charge is 0.235 e. The fourth-order valence-corrected chi connectivity index (χ4v) is 3.13. The Hall–Kier alpha value is -3.01. The molecule has 1 aliphatic rings. The number of hydrogen-bond donors (Lipinski definition) is 1. The first kappa shape index (κ1) is 13.6. The number of halogens is 1. The minimum atomic E-state index is -0.512. The molecule has 1 aromatic heterocycles. The molecule has 23 heavy (non-hydrogen) atoms. The molecular weight excluding hydrogens is 293 g/mol. The van der Waals surface area contributed by atoms with Crippen molar-refractivity contribution in [1.82, 2.24) is 4.98 Å². The lowest BCUT2D eigenvalue weighted by atomic mass is 9.84. The third kappa shape index (κ3) is 1.88. The Morgan fingerprint density at radius 2 is 1.61 bits per heavy atom. The van der Waals surface area contributed by atoms with Crippen LogP contribution in [0.5, 0.6) is 0 Å². The molecule has 0 bridgehead atoms. The summed E-state index contributed by atoms with van der Waals surface area (Å²) in [4.78, 5) is 28.1. The van der Waals surface area contributed by atoms with Crippen molar-refractivity contribution in [3.63, 3.8) is 0 Å². The molecule has 0 spiro atoms. The van der Waals surface area contributed by atoms with E-state index >= 15 is 0 Å². The molecule has 1 aliphatic carbocycles. The third-order valence-corrected chi connectivity index (χ3v) is 4.24. The molecule has 4 rings (SSSR count). The highest BCUT2D eigenvalue weighted by Crippen LogP contribution is 2.37. The second-order valence-corrected chi connectivity index (χ2v) is 5.59. The Morgan fingerprint density at radius 1 is 0.913 bits per heavy atom. The number of H-pyrrole nitrogens is 1. The van der Waals surface area contributed by atoms with Crippen LogP contribution >= 0.6 is 0 Å². The first-order valence-electron chi connectivity index (χ1n) is 7.25. The van der Waals surface area contributed by atoms with E-state index in [0.717, 1.165) is 10.9 Å². The largest absolute Gasteiger partial charge is 0.354 e. The van der Waals surface area contributed by atoms with Crippen LogP contribution in [0.1, 0.15) is 28.5 Å². The van der Waals surface area contributed by atoms with Crippen molar-refractivity contribution in [2.45, 2.75) is 6.92 Å². The monoisotopic (exact) mass is 305 g/mol. The van der Waals surface area contributed by atoms with Gasteiger partial charge in [0.25, 0.3) is 0 Å². The van der Waals surface area contributed by atoms with Crippen molar-refractivity contribution in [2.75, 3.05) is 0 Å². The van der Waals surface area contributed by atoms with E-state index in [1.54, 1.807) is 19.1 Å². The summed E-state index contributed by atoms with van der Waals surface area (Å²) >= 11 is 0. The van der Waals surface area contributed by atoms with Gasteiger partial charge in [-0.3, -0.25) is 9.59 Å². The average molecular weight is 305 g/mol. The van der Waals surface area contributed by atoms with E-state index in [-0.39, 0.29) is 5.82 Å². The number of aromatic amines is 1. The number of rotatable bonds is 1. The molecule has 3 aromatic rings. The second kappa shape index (κ2) is 4.74. The maximum atomic E-state index is 13.2. The number of carbonyl (C=O) groups is 2. The Bertz CT molecular complexity index is 1010. The molecule has 112 valence electrons. The molecule has 3 nitrogen and oxygen atoms in total. The van der Waals surface area contributed by atoms with Gasteiger partial charge in [-0.1, -0.05) is 30.3 Å². The van der Waals surface area contributed by atoms with Gasteiger partial charge < -0.3 is 4.98 Å². The van der Waals surface area contributed by atoms with E-state index in [0.29, 0.717) is 28.0 Å². The van der Waals surface area contributed by atoms with Gasteiger partial charge in [0, 0.05) is 22.0 Å². The lowest BCUT2D eigenvalue weighted by Gasteiger charge is -2.17. The molecule has 0 atom stereocenters. The number of nitrogens with one attached hydrogen (secondary N) is 1. The molecule has 0 unspecified atom stereocenters. The molecule has 4 heteroatoms. The predicted octanol–water partition coefficient (Wildman–Crippen LogP) is 3.89. The van der Waals surface area contributed by atoms with Gasteiger partial charge in [-0.05, 0) is 30.7 Å². The van der Waals surface area contributed by atoms with Crippen molar-refractivity contribution in [3.05, 3.63) is 76.7 Å². The Kier molecular flexibility index (Phi) is 2.81. The van der Waals surface area contributed by atoms with E-state index in [4.69, 9.17) is 0 Å². The van der Waals surface area contributed by atoms with Crippen LogP contribution in [0.15, 0.2) is 54.1 Å². The van der Waals surface area contributed by atoms with Crippen molar-refractivity contribution in [1.29, 1.82) is 0 Å². The van der Waals surface area contributed by atoms with E-state index in [2.05, 4.69) is 4.98 Å². The lowest BCUT2D eigenvalue weighted by Crippen LogP contribution is -2.22. The van der Waals surface area contributed by atoms with Gasteiger partial charge in [-0.25, -0.2) is 4.39 Å². The van der Waals surface area contributed by atoms with Crippen LogP contribution in [-0.4, -0.2) is 16.6 Å². The number of aromatic nitrogens is 1. The summed E-state index contributed by atoms with van der Waals surface area (Å²) in [5.41, 5.74) is 3.56. The van der Waals surface area contributed by atoms with Crippen LogP contribution in [0.3, 0.4) is 0 Å². The zero-order valence-corrected chi connectivity index (χ0v) is 12.3. The average Bonchev–Trinajstić information content (AvgIpc) is 2.93. The molecule has 2 aromatic carbocycles. The summed E-state index contributed by atoms with van der Waals surface area (Å²) in [5, 5.41) is 0.730. The first-order valence-corrected chi connectivity index (χ1v) is 7.25. The number of Topliss-reactive ketones (excluding diaryl/α,β-unsaturated/α-hetero) is 2. The quantitative estimate of drug-likeness (QED) is 0.693. The minimum absolute atomic E-state index is 0.345.